The van der Waals surface area contributed by atoms with Crippen LogP contribution in [-0.4, -0.2) is 23.5 Å². The van der Waals surface area contributed by atoms with Gasteiger partial charge in [0.05, 0.1) is 17.4 Å². The van der Waals surface area contributed by atoms with Crippen LogP contribution in [-0.2, 0) is 0 Å². The Bertz CT molecular complexity index is 623. The van der Waals surface area contributed by atoms with Crippen LogP contribution in [0.25, 0.3) is 0 Å². The number of rotatable bonds is 5. The van der Waals surface area contributed by atoms with Crippen molar-refractivity contribution >= 4 is 17.3 Å². The molecule has 1 aliphatic carbocycles. The summed E-state index contributed by atoms with van der Waals surface area (Å²) < 4.78 is 0. The molecule has 0 atom stereocenters. The number of pyridine rings is 1. The molecule has 1 saturated carbocycles. The first kappa shape index (κ1) is 13.6. The molecule has 3 rings (SSSR count). The molecule has 108 valence electrons. The van der Waals surface area contributed by atoms with Gasteiger partial charge >= 0.3 is 0 Å². The summed E-state index contributed by atoms with van der Waals surface area (Å²) in [6, 6.07) is 12.4. The van der Waals surface area contributed by atoms with Crippen molar-refractivity contribution in [2.75, 3.05) is 11.4 Å². The van der Waals surface area contributed by atoms with Gasteiger partial charge in [-0.2, -0.15) is 0 Å². The molecular formula is C17H19N3O. The van der Waals surface area contributed by atoms with Gasteiger partial charge < -0.3 is 10.2 Å². The van der Waals surface area contributed by atoms with Crippen molar-refractivity contribution in [3.63, 3.8) is 0 Å². The highest BCUT2D eigenvalue weighted by molar-refractivity contribution is 5.95. The van der Waals surface area contributed by atoms with Crippen LogP contribution in [0.5, 0.6) is 0 Å². The van der Waals surface area contributed by atoms with Crippen molar-refractivity contribution in [1.29, 1.82) is 0 Å². The number of nitrogens with zero attached hydrogens (tertiary/aromatic N) is 2. The molecule has 1 aliphatic rings. The molecule has 0 aliphatic heterocycles. The average Bonchev–Trinajstić information content (AvgIpc) is 3.33. The number of benzene rings is 1. The van der Waals surface area contributed by atoms with Gasteiger partial charge in [0.2, 0.25) is 0 Å². The Balaban J connectivity index is 1.85. The van der Waals surface area contributed by atoms with Crippen molar-refractivity contribution in [3.8, 4) is 0 Å². The Morgan fingerprint density at radius 3 is 2.67 bits per heavy atom. The predicted molar refractivity (Wildman–Crippen MR) is 83.8 cm³/mol. The fraction of sp³-hybridized carbons (Fsp3) is 0.294. The number of para-hydroxylation sites is 1. The van der Waals surface area contributed by atoms with Gasteiger partial charge in [-0.3, -0.25) is 9.78 Å². The Morgan fingerprint density at radius 2 is 2.00 bits per heavy atom. The summed E-state index contributed by atoms with van der Waals surface area (Å²) in [6.45, 7) is 2.91. The lowest BCUT2D eigenvalue weighted by Crippen LogP contribution is -2.26. The number of carbonyl (C=O) groups excluding carboxylic acids is 1. The second kappa shape index (κ2) is 5.95. The molecule has 1 amide bonds. The predicted octanol–water partition coefficient (Wildman–Crippen LogP) is 3.13. The van der Waals surface area contributed by atoms with Crippen LogP contribution < -0.4 is 10.2 Å². The number of carbonyl (C=O) groups is 1. The minimum atomic E-state index is -0.0315. The fourth-order valence-corrected chi connectivity index (χ4v) is 2.32. The van der Waals surface area contributed by atoms with E-state index in [1.54, 1.807) is 12.4 Å². The van der Waals surface area contributed by atoms with E-state index >= 15 is 0 Å². The molecule has 21 heavy (non-hydrogen) atoms. The molecule has 1 heterocycles. The van der Waals surface area contributed by atoms with E-state index in [1.807, 2.05) is 24.3 Å². The monoisotopic (exact) mass is 281 g/mol. The lowest BCUT2D eigenvalue weighted by Gasteiger charge is -2.23. The molecule has 2 aromatic rings. The quantitative estimate of drug-likeness (QED) is 0.915. The minimum absolute atomic E-state index is 0.0315. The standard InChI is InChI=1S/C17H19N3O/c1-2-20(15-6-4-3-5-7-15)16-10-13(11-18-12-16)17(21)19-14-8-9-14/h3-7,10-12,14H,2,8-9H2,1H3,(H,19,21). The Hall–Kier alpha value is -2.36. The van der Waals surface area contributed by atoms with Gasteiger partial charge in [-0.1, -0.05) is 18.2 Å². The summed E-state index contributed by atoms with van der Waals surface area (Å²) >= 11 is 0. The van der Waals surface area contributed by atoms with E-state index in [0.29, 0.717) is 11.6 Å². The summed E-state index contributed by atoms with van der Waals surface area (Å²) in [5, 5.41) is 3.00. The van der Waals surface area contributed by atoms with Crippen LogP contribution in [0.2, 0.25) is 0 Å². The minimum Gasteiger partial charge on any atom is -0.349 e. The lowest BCUT2D eigenvalue weighted by molar-refractivity contribution is 0.0950. The normalized spacial score (nSPS) is 13.8. The molecule has 1 N–H and O–H groups in total. The van der Waals surface area contributed by atoms with Gasteiger partial charge in [0.15, 0.2) is 0 Å². The SMILES string of the molecule is CCN(c1ccccc1)c1cncc(C(=O)NC2CC2)c1. The second-order valence-electron chi connectivity index (χ2n) is 5.26. The van der Waals surface area contributed by atoms with Crippen molar-refractivity contribution in [1.82, 2.24) is 10.3 Å². The highest BCUT2D eigenvalue weighted by atomic mass is 16.1. The highest BCUT2D eigenvalue weighted by Crippen LogP contribution is 2.25. The second-order valence-corrected chi connectivity index (χ2v) is 5.26. The molecule has 0 spiro atoms. The number of hydrogen-bond donors (Lipinski definition) is 1. The Morgan fingerprint density at radius 1 is 1.24 bits per heavy atom. The maximum Gasteiger partial charge on any atom is 0.253 e. The van der Waals surface area contributed by atoms with Crippen molar-refractivity contribution < 1.29 is 4.79 Å². The number of aromatic nitrogens is 1. The zero-order valence-electron chi connectivity index (χ0n) is 12.1. The molecule has 1 fully saturated rings. The first-order valence-electron chi connectivity index (χ1n) is 7.36. The van der Waals surface area contributed by atoms with E-state index in [1.165, 1.54) is 0 Å². The van der Waals surface area contributed by atoms with Crippen LogP contribution in [0.3, 0.4) is 0 Å². The lowest BCUT2D eigenvalue weighted by atomic mass is 10.2. The summed E-state index contributed by atoms with van der Waals surface area (Å²) in [5.74, 6) is -0.0315. The van der Waals surface area contributed by atoms with E-state index in [4.69, 9.17) is 0 Å². The molecule has 4 heteroatoms. The molecule has 0 saturated heterocycles. The van der Waals surface area contributed by atoms with E-state index in [2.05, 4.69) is 34.3 Å². The molecule has 0 radical (unpaired) electrons. The van der Waals surface area contributed by atoms with Gasteiger partial charge in [-0.25, -0.2) is 0 Å². The zero-order chi connectivity index (χ0) is 14.7. The largest absolute Gasteiger partial charge is 0.349 e. The number of anilines is 2. The Labute approximate surface area is 124 Å². The highest BCUT2D eigenvalue weighted by Gasteiger charge is 2.24. The molecule has 1 aromatic carbocycles. The molecule has 1 aromatic heterocycles. The summed E-state index contributed by atoms with van der Waals surface area (Å²) in [4.78, 5) is 18.5. The fourth-order valence-electron chi connectivity index (χ4n) is 2.32. The van der Waals surface area contributed by atoms with Crippen LogP contribution in [0, 0.1) is 0 Å². The summed E-state index contributed by atoms with van der Waals surface area (Å²) in [5.41, 5.74) is 2.66. The van der Waals surface area contributed by atoms with Gasteiger partial charge in [-0.15, -0.1) is 0 Å². The number of hydrogen-bond acceptors (Lipinski definition) is 3. The summed E-state index contributed by atoms with van der Waals surface area (Å²) in [7, 11) is 0. The third kappa shape index (κ3) is 3.21. The van der Waals surface area contributed by atoms with Gasteiger partial charge in [-0.05, 0) is 38.0 Å². The molecule has 0 unspecified atom stereocenters. The zero-order valence-corrected chi connectivity index (χ0v) is 12.1. The smallest absolute Gasteiger partial charge is 0.253 e. The van der Waals surface area contributed by atoms with Crippen LogP contribution >= 0.6 is 0 Å². The number of amides is 1. The van der Waals surface area contributed by atoms with Crippen LogP contribution in [0.15, 0.2) is 48.8 Å². The molecule has 0 bridgehead atoms. The first-order chi connectivity index (χ1) is 10.3. The van der Waals surface area contributed by atoms with Crippen molar-refractivity contribution in [2.24, 2.45) is 0 Å². The maximum absolute atomic E-state index is 12.1. The summed E-state index contributed by atoms with van der Waals surface area (Å²) in [6.07, 6.45) is 5.60. The van der Waals surface area contributed by atoms with E-state index in [9.17, 15) is 4.79 Å². The average molecular weight is 281 g/mol. The van der Waals surface area contributed by atoms with Gasteiger partial charge in [0.1, 0.15) is 0 Å². The van der Waals surface area contributed by atoms with E-state index < -0.39 is 0 Å². The first-order valence-corrected chi connectivity index (χ1v) is 7.36. The van der Waals surface area contributed by atoms with E-state index in [-0.39, 0.29) is 5.91 Å². The third-order valence-corrected chi connectivity index (χ3v) is 3.59. The van der Waals surface area contributed by atoms with Crippen LogP contribution in [0.1, 0.15) is 30.1 Å². The third-order valence-electron chi connectivity index (χ3n) is 3.59. The van der Waals surface area contributed by atoms with Crippen molar-refractivity contribution in [3.05, 3.63) is 54.4 Å². The Kier molecular flexibility index (Phi) is 3.86. The topological polar surface area (TPSA) is 45.2 Å². The maximum atomic E-state index is 12.1. The van der Waals surface area contributed by atoms with Gasteiger partial charge in [0.25, 0.3) is 5.91 Å². The van der Waals surface area contributed by atoms with Crippen LogP contribution in [0.4, 0.5) is 11.4 Å². The van der Waals surface area contributed by atoms with Gasteiger partial charge in [0, 0.05) is 24.5 Å². The molecule has 4 nitrogen and oxygen atoms in total. The van der Waals surface area contributed by atoms with E-state index in [0.717, 1.165) is 30.8 Å². The number of nitrogens with one attached hydrogen (secondary N) is 1. The molecular weight excluding hydrogens is 262 g/mol. The van der Waals surface area contributed by atoms with Crippen molar-refractivity contribution in [2.45, 2.75) is 25.8 Å².